The molecule has 0 atom stereocenters. The average Bonchev–Trinajstić information content (AvgIpc) is 2.73. The lowest BCUT2D eigenvalue weighted by molar-refractivity contribution is 0.0389. The Labute approximate surface area is 187 Å². The van der Waals surface area contributed by atoms with Crippen molar-refractivity contribution in [2.45, 2.75) is 32.4 Å². The Morgan fingerprint density at radius 1 is 0.964 bits per heavy atom. The van der Waals surface area contributed by atoms with Gasteiger partial charge < -0.3 is 15.4 Å². The van der Waals surface area contributed by atoms with Crippen LogP contribution in [0.15, 0.2) is 29.3 Å². The van der Waals surface area contributed by atoms with Crippen molar-refractivity contribution in [3.05, 3.63) is 35.4 Å². The number of hydrogen-bond acceptors (Lipinski definition) is 4. The van der Waals surface area contributed by atoms with Crippen LogP contribution >= 0.6 is 24.0 Å². The molecular formula is C21H36IN5O. The number of rotatable bonds is 7. The van der Waals surface area contributed by atoms with E-state index in [0.29, 0.717) is 0 Å². The first-order valence-electron chi connectivity index (χ1n) is 10.4. The van der Waals surface area contributed by atoms with E-state index in [1.165, 1.54) is 43.5 Å². The van der Waals surface area contributed by atoms with E-state index in [-0.39, 0.29) is 24.0 Å². The van der Waals surface area contributed by atoms with E-state index in [4.69, 9.17) is 4.74 Å². The molecule has 2 fully saturated rings. The first kappa shape index (κ1) is 23.4. The molecule has 0 saturated carbocycles. The van der Waals surface area contributed by atoms with E-state index >= 15 is 0 Å². The molecule has 1 aromatic rings. The maximum Gasteiger partial charge on any atom is 0.191 e. The molecule has 2 N–H and O–H groups in total. The van der Waals surface area contributed by atoms with Crippen LogP contribution in [-0.4, -0.2) is 75.3 Å². The highest BCUT2D eigenvalue weighted by molar-refractivity contribution is 14.0. The molecule has 0 spiro atoms. The van der Waals surface area contributed by atoms with Crippen molar-refractivity contribution in [1.82, 2.24) is 20.4 Å². The number of likely N-dealkylation sites (tertiary alicyclic amines) is 1. The van der Waals surface area contributed by atoms with Gasteiger partial charge in [0.2, 0.25) is 0 Å². The average molecular weight is 501 g/mol. The van der Waals surface area contributed by atoms with Gasteiger partial charge in [0.15, 0.2) is 5.96 Å². The number of halogens is 1. The zero-order valence-electron chi connectivity index (χ0n) is 17.2. The normalized spacial score (nSPS) is 19.1. The second kappa shape index (κ2) is 13.3. The lowest BCUT2D eigenvalue weighted by Gasteiger charge is -2.27. The summed E-state index contributed by atoms with van der Waals surface area (Å²) in [5.74, 6) is 0.871. The summed E-state index contributed by atoms with van der Waals surface area (Å²) in [6.07, 6.45) is 4.05. The van der Waals surface area contributed by atoms with E-state index < -0.39 is 0 Å². The number of aliphatic imine (C=N–C) groups is 1. The fourth-order valence-corrected chi connectivity index (χ4v) is 3.80. The van der Waals surface area contributed by atoms with Crippen molar-refractivity contribution in [3.8, 4) is 0 Å². The summed E-state index contributed by atoms with van der Waals surface area (Å²) >= 11 is 0. The molecule has 0 bridgehead atoms. The summed E-state index contributed by atoms with van der Waals surface area (Å²) in [7, 11) is 1.84. The largest absolute Gasteiger partial charge is 0.379 e. The number of nitrogens with zero attached hydrogens (tertiary/aromatic N) is 3. The molecule has 2 aliphatic rings. The molecule has 0 aromatic heterocycles. The number of ether oxygens (including phenoxy) is 1. The summed E-state index contributed by atoms with van der Waals surface area (Å²) < 4.78 is 5.40. The summed E-state index contributed by atoms with van der Waals surface area (Å²) in [4.78, 5) is 9.38. The van der Waals surface area contributed by atoms with Crippen molar-refractivity contribution in [3.63, 3.8) is 0 Å². The molecule has 1 aromatic carbocycles. The van der Waals surface area contributed by atoms with Gasteiger partial charge in [-0.1, -0.05) is 30.7 Å². The van der Waals surface area contributed by atoms with Gasteiger partial charge in [-0.25, -0.2) is 0 Å². The van der Waals surface area contributed by atoms with Gasteiger partial charge >= 0.3 is 0 Å². The highest BCUT2D eigenvalue weighted by Crippen LogP contribution is 2.16. The van der Waals surface area contributed by atoms with E-state index in [1.807, 2.05) is 7.05 Å². The SMILES string of the molecule is CN=C(NCCN1CCOCC1)NCc1ccccc1CN1CCCCC1.I. The van der Waals surface area contributed by atoms with Crippen LogP contribution in [0, 0.1) is 0 Å². The van der Waals surface area contributed by atoms with Crippen molar-refractivity contribution in [2.24, 2.45) is 4.99 Å². The molecule has 2 heterocycles. The van der Waals surface area contributed by atoms with Gasteiger partial charge in [0.1, 0.15) is 0 Å². The number of hydrogen-bond donors (Lipinski definition) is 2. The van der Waals surface area contributed by atoms with Crippen molar-refractivity contribution < 1.29 is 4.74 Å². The minimum absolute atomic E-state index is 0. The second-order valence-corrected chi connectivity index (χ2v) is 7.41. The number of benzene rings is 1. The molecule has 3 rings (SSSR count). The zero-order chi connectivity index (χ0) is 18.7. The molecule has 0 radical (unpaired) electrons. The van der Waals surface area contributed by atoms with Gasteiger partial charge in [0.25, 0.3) is 0 Å². The minimum atomic E-state index is 0. The van der Waals surface area contributed by atoms with Crippen LogP contribution in [0.25, 0.3) is 0 Å². The highest BCUT2D eigenvalue weighted by Gasteiger charge is 2.13. The second-order valence-electron chi connectivity index (χ2n) is 7.41. The van der Waals surface area contributed by atoms with Gasteiger partial charge in [-0.2, -0.15) is 0 Å². The fourth-order valence-electron chi connectivity index (χ4n) is 3.80. The van der Waals surface area contributed by atoms with Crippen molar-refractivity contribution in [1.29, 1.82) is 0 Å². The molecule has 0 aliphatic carbocycles. The summed E-state index contributed by atoms with van der Waals surface area (Å²) in [5, 5.41) is 6.91. The Kier molecular flexibility index (Phi) is 11.1. The lowest BCUT2D eigenvalue weighted by Crippen LogP contribution is -2.44. The van der Waals surface area contributed by atoms with Crippen LogP contribution in [-0.2, 0) is 17.8 Å². The molecule has 28 heavy (non-hydrogen) atoms. The topological polar surface area (TPSA) is 52.1 Å². The number of piperidine rings is 1. The van der Waals surface area contributed by atoms with Crippen molar-refractivity contribution >= 4 is 29.9 Å². The standard InChI is InChI=1S/C21H35N5O.HI/c1-22-21(23-9-12-25-13-15-27-16-14-25)24-17-19-7-3-4-8-20(19)18-26-10-5-2-6-11-26;/h3-4,7-8H,2,5-6,9-18H2,1H3,(H2,22,23,24);1H. The fraction of sp³-hybridized carbons (Fsp3) is 0.667. The van der Waals surface area contributed by atoms with Crippen molar-refractivity contribution in [2.75, 3.05) is 59.5 Å². The molecule has 158 valence electrons. The Hall–Kier alpha value is -0.900. The third-order valence-electron chi connectivity index (χ3n) is 5.46. The van der Waals surface area contributed by atoms with Crippen LogP contribution in [0.4, 0.5) is 0 Å². The molecule has 0 amide bonds. The maximum absolute atomic E-state index is 5.40. The zero-order valence-corrected chi connectivity index (χ0v) is 19.5. The molecule has 7 heteroatoms. The maximum atomic E-state index is 5.40. The summed E-state index contributed by atoms with van der Waals surface area (Å²) in [6, 6.07) is 8.77. The van der Waals surface area contributed by atoms with Crippen LogP contribution in [0.5, 0.6) is 0 Å². The predicted molar refractivity (Wildman–Crippen MR) is 126 cm³/mol. The van der Waals surface area contributed by atoms with Gasteiger partial charge in [-0.05, 0) is 37.1 Å². The first-order valence-corrected chi connectivity index (χ1v) is 10.4. The van der Waals surface area contributed by atoms with Gasteiger partial charge in [0.05, 0.1) is 13.2 Å². The van der Waals surface area contributed by atoms with E-state index in [1.54, 1.807) is 0 Å². The van der Waals surface area contributed by atoms with E-state index in [2.05, 4.69) is 49.7 Å². The van der Waals surface area contributed by atoms with Crippen LogP contribution in [0.2, 0.25) is 0 Å². The van der Waals surface area contributed by atoms with Gasteiger partial charge in [0, 0.05) is 46.3 Å². The van der Waals surface area contributed by atoms with Crippen LogP contribution < -0.4 is 10.6 Å². The molecule has 0 unspecified atom stereocenters. The number of nitrogens with one attached hydrogen (secondary N) is 2. The molecule has 6 nitrogen and oxygen atoms in total. The number of morpholine rings is 1. The minimum Gasteiger partial charge on any atom is -0.379 e. The Morgan fingerprint density at radius 2 is 1.68 bits per heavy atom. The lowest BCUT2D eigenvalue weighted by atomic mass is 10.0. The quantitative estimate of drug-likeness (QED) is 0.341. The Morgan fingerprint density at radius 3 is 2.39 bits per heavy atom. The summed E-state index contributed by atoms with van der Waals surface area (Å²) in [6.45, 7) is 9.99. The van der Waals surface area contributed by atoms with E-state index in [0.717, 1.165) is 58.4 Å². The molecule has 2 saturated heterocycles. The van der Waals surface area contributed by atoms with Crippen LogP contribution in [0.1, 0.15) is 30.4 Å². The third kappa shape index (κ3) is 7.85. The highest BCUT2D eigenvalue weighted by atomic mass is 127. The number of guanidine groups is 1. The smallest absolute Gasteiger partial charge is 0.191 e. The predicted octanol–water partition coefficient (Wildman–Crippen LogP) is 2.29. The van der Waals surface area contributed by atoms with E-state index in [9.17, 15) is 0 Å². The third-order valence-corrected chi connectivity index (χ3v) is 5.46. The van der Waals surface area contributed by atoms with Gasteiger partial charge in [-0.15, -0.1) is 24.0 Å². The summed E-state index contributed by atoms with van der Waals surface area (Å²) in [5.41, 5.74) is 2.79. The Balaban J connectivity index is 0.00000280. The molecule has 2 aliphatic heterocycles. The monoisotopic (exact) mass is 501 g/mol. The van der Waals surface area contributed by atoms with Gasteiger partial charge in [-0.3, -0.25) is 14.8 Å². The molecular weight excluding hydrogens is 465 g/mol. The van der Waals surface area contributed by atoms with Crippen LogP contribution in [0.3, 0.4) is 0 Å². The Bertz CT molecular complexity index is 586. The first-order chi connectivity index (χ1) is 13.3.